The maximum Gasteiger partial charge on any atom is 0.262 e. The maximum absolute atomic E-state index is 13.8. The second kappa shape index (κ2) is 12.4. The van der Waals surface area contributed by atoms with Gasteiger partial charge in [0, 0.05) is 59.4 Å². The number of carbonyl (C=O) groups excluding carboxylic acids is 4. The molecule has 12 heteroatoms. The smallest absolute Gasteiger partial charge is 0.262 e. The lowest BCUT2D eigenvalue weighted by molar-refractivity contribution is -0.199. The molecule has 2 unspecified atom stereocenters. The van der Waals surface area contributed by atoms with Crippen molar-refractivity contribution in [3.63, 3.8) is 0 Å². The highest BCUT2D eigenvalue weighted by Crippen LogP contribution is 2.59. The van der Waals surface area contributed by atoms with E-state index in [4.69, 9.17) is 16.3 Å². The molecule has 4 aliphatic heterocycles. The average Bonchev–Trinajstić information content (AvgIpc) is 3.53. The number of aliphatic hydroxyl groups is 1. The van der Waals surface area contributed by atoms with Crippen molar-refractivity contribution in [2.45, 2.75) is 71.5 Å². The van der Waals surface area contributed by atoms with Crippen LogP contribution >= 0.6 is 11.6 Å². The summed E-state index contributed by atoms with van der Waals surface area (Å²) in [6.45, 7) is 10.3. The lowest BCUT2D eigenvalue weighted by Crippen LogP contribution is -2.74. The Labute approximate surface area is 312 Å². The van der Waals surface area contributed by atoms with Crippen LogP contribution in [0.3, 0.4) is 0 Å². The fraction of sp³-hybridized carbons (Fsp3) is 0.390. The minimum Gasteiger partial charge on any atom is -0.489 e. The molecular weight excluding hydrogens is 694 g/mol. The van der Waals surface area contributed by atoms with Crippen LogP contribution in [0.15, 0.2) is 54.6 Å². The van der Waals surface area contributed by atoms with Crippen molar-refractivity contribution in [3.8, 4) is 23.7 Å². The molecule has 11 nitrogen and oxygen atoms in total. The van der Waals surface area contributed by atoms with E-state index in [0.717, 1.165) is 21.7 Å². The first-order valence-electron chi connectivity index (χ1n) is 17.8. The van der Waals surface area contributed by atoms with E-state index < -0.39 is 30.0 Å². The summed E-state index contributed by atoms with van der Waals surface area (Å²) < 4.78 is 6.45. The molecule has 2 N–H and O–H groups in total. The second-order valence-electron chi connectivity index (χ2n) is 15.8. The number of amides is 4. The first-order valence-corrected chi connectivity index (χ1v) is 18.1. The minimum absolute atomic E-state index is 0.00128. The van der Waals surface area contributed by atoms with Gasteiger partial charge in [-0.25, -0.2) is 0 Å². The number of anilines is 1. The van der Waals surface area contributed by atoms with Gasteiger partial charge in [-0.2, -0.15) is 5.26 Å². The van der Waals surface area contributed by atoms with Gasteiger partial charge in [0.05, 0.1) is 27.6 Å². The van der Waals surface area contributed by atoms with Crippen molar-refractivity contribution in [1.82, 2.24) is 15.1 Å². The number of halogens is 1. The summed E-state index contributed by atoms with van der Waals surface area (Å²) in [6, 6.07) is 17.0. The highest BCUT2D eigenvalue weighted by molar-refractivity contribution is 6.31. The van der Waals surface area contributed by atoms with Crippen LogP contribution in [0.25, 0.3) is 0 Å². The molecule has 53 heavy (non-hydrogen) atoms. The summed E-state index contributed by atoms with van der Waals surface area (Å²) in [4.78, 5) is 57.6. The first kappa shape index (κ1) is 34.7. The Bertz CT molecular complexity index is 2210. The van der Waals surface area contributed by atoms with Gasteiger partial charge in [-0.3, -0.25) is 24.1 Å². The zero-order valence-corrected chi connectivity index (χ0v) is 30.5. The van der Waals surface area contributed by atoms with Gasteiger partial charge >= 0.3 is 0 Å². The SMILES string of the molecule is CC1(C)[C@H](Oc2ccc(C#N)c(Cl)c2)C(C)(C)[C@H]1N1Cc2cc(C#CC3CN(c4ccc5c(c4)C(=O)N(C4CCC(O)NC4=O)C5=O)C3)ccc2C1=O. The maximum atomic E-state index is 13.8. The summed E-state index contributed by atoms with van der Waals surface area (Å²) in [5.41, 5.74) is 3.48. The van der Waals surface area contributed by atoms with Crippen molar-refractivity contribution in [2.24, 2.45) is 16.7 Å². The molecule has 3 aromatic carbocycles. The van der Waals surface area contributed by atoms with E-state index in [1.807, 2.05) is 29.2 Å². The van der Waals surface area contributed by atoms with Gasteiger partial charge in [0.15, 0.2) is 0 Å². The lowest BCUT2D eigenvalue weighted by atomic mass is 9.49. The molecule has 0 aromatic heterocycles. The number of nitrogens with one attached hydrogen (secondary N) is 1. The van der Waals surface area contributed by atoms with Gasteiger partial charge in [0.25, 0.3) is 17.7 Å². The number of hydrogen-bond acceptors (Lipinski definition) is 8. The van der Waals surface area contributed by atoms with Crippen LogP contribution in [0.1, 0.15) is 88.3 Å². The minimum atomic E-state index is -0.975. The van der Waals surface area contributed by atoms with Gasteiger partial charge in [-0.15, -0.1) is 0 Å². The third-order valence-electron chi connectivity index (χ3n) is 11.5. The number of carbonyl (C=O) groups is 4. The molecule has 1 saturated carbocycles. The number of ether oxygens (including phenoxy) is 1. The van der Waals surface area contributed by atoms with Gasteiger partial charge in [-0.1, -0.05) is 51.1 Å². The molecule has 3 fully saturated rings. The van der Waals surface area contributed by atoms with Crippen molar-refractivity contribution in [1.29, 1.82) is 5.26 Å². The zero-order valence-electron chi connectivity index (χ0n) is 29.8. The van der Waals surface area contributed by atoms with E-state index >= 15 is 0 Å². The van der Waals surface area contributed by atoms with Crippen LogP contribution in [0.5, 0.6) is 5.75 Å². The average molecular weight is 732 g/mol. The van der Waals surface area contributed by atoms with Gasteiger partial charge in [0.2, 0.25) is 5.91 Å². The van der Waals surface area contributed by atoms with Crippen LogP contribution in [0.2, 0.25) is 5.02 Å². The van der Waals surface area contributed by atoms with Crippen LogP contribution in [0.4, 0.5) is 5.69 Å². The Morgan fingerprint density at radius 1 is 0.887 bits per heavy atom. The number of piperidine rings is 1. The fourth-order valence-corrected chi connectivity index (χ4v) is 9.57. The van der Waals surface area contributed by atoms with E-state index in [-0.39, 0.29) is 58.8 Å². The summed E-state index contributed by atoms with van der Waals surface area (Å²) in [6.07, 6.45) is -0.696. The molecule has 3 aromatic rings. The quantitative estimate of drug-likeness (QED) is 0.283. The summed E-state index contributed by atoms with van der Waals surface area (Å²) in [5.74, 6) is 5.81. The van der Waals surface area contributed by atoms with Crippen LogP contribution in [-0.2, 0) is 11.3 Å². The molecule has 0 radical (unpaired) electrons. The predicted molar refractivity (Wildman–Crippen MR) is 195 cm³/mol. The molecular formula is C41H38ClN5O6. The number of rotatable bonds is 5. The normalized spacial score (nSPS) is 25.4. The van der Waals surface area contributed by atoms with Gasteiger partial charge < -0.3 is 25.0 Å². The Morgan fingerprint density at radius 3 is 2.30 bits per heavy atom. The van der Waals surface area contributed by atoms with Crippen molar-refractivity contribution >= 4 is 40.9 Å². The van der Waals surface area contributed by atoms with E-state index in [9.17, 15) is 29.5 Å². The Kier molecular flexibility index (Phi) is 8.10. The number of fused-ring (bicyclic) bond motifs is 2. The molecule has 1 aliphatic carbocycles. The van der Waals surface area contributed by atoms with E-state index in [1.54, 1.807) is 30.3 Å². The third-order valence-corrected chi connectivity index (χ3v) is 11.8. The van der Waals surface area contributed by atoms with Crippen molar-refractivity contribution in [2.75, 3.05) is 18.0 Å². The Balaban J connectivity index is 0.905. The van der Waals surface area contributed by atoms with E-state index in [1.165, 1.54) is 0 Å². The Hall–Kier alpha value is -5.36. The highest BCUT2D eigenvalue weighted by atomic mass is 35.5. The highest BCUT2D eigenvalue weighted by Gasteiger charge is 2.67. The molecule has 5 aliphatic rings. The number of nitriles is 1. The van der Waals surface area contributed by atoms with Gasteiger partial charge in [-0.05, 0) is 66.9 Å². The standard InChI is InChI=1S/C41H38ClN5O6/c1-40(2)38(41(3,4)39(40)53-27-10-8-24(18-43)31(42)17-27)46-21-25-15-22(7-11-28(25)35(46)50)5-6-23-19-45(20-23)26-9-12-29-30(16-26)37(52)47(36(29)51)32-13-14-33(48)44-34(32)49/h7-12,15-17,23,32-33,38-39,48H,13-14,19-21H2,1-4H3,(H,44,49)/t32?,33?,38-,39-. The molecule has 4 heterocycles. The number of imide groups is 1. The topological polar surface area (TPSA) is 143 Å². The van der Waals surface area contributed by atoms with Gasteiger partial charge in [0.1, 0.15) is 30.2 Å². The zero-order chi connectivity index (χ0) is 37.6. The monoisotopic (exact) mass is 731 g/mol. The summed E-state index contributed by atoms with van der Waals surface area (Å²) in [5, 5.41) is 21.7. The molecule has 2 saturated heterocycles. The number of benzene rings is 3. The first-order chi connectivity index (χ1) is 25.2. The number of nitrogens with zero attached hydrogens (tertiary/aromatic N) is 4. The van der Waals surface area contributed by atoms with Crippen molar-refractivity contribution in [3.05, 3.63) is 93.0 Å². The second-order valence-corrected chi connectivity index (χ2v) is 16.2. The molecule has 270 valence electrons. The molecule has 2 atom stereocenters. The lowest BCUT2D eigenvalue weighted by Gasteiger charge is -2.65. The fourth-order valence-electron chi connectivity index (χ4n) is 9.36. The van der Waals surface area contributed by atoms with Crippen molar-refractivity contribution < 1.29 is 29.0 Å². The van der Waals surface area contributed by atoms with E-state index in [2.05, 4.69) is 55.8 Å². The molecule has 4 amide bonds. The summed E-state index contributed by atoms with van der Waals surface area (Å²) in [7, 11) is 0. The van der Waals surface area contributed by atoms with E-state index in [0.29, 0.717) is 41.5 Å². The number of aliphatic hydroxyl groups excluding tert-OH is 1. The predicted octanol–water partition coefficient (Wildman–Crippen LogP) is 4.73. The molecule has 0 bridgehead atoms. The Morgan fingerprint density at radius 2 is 1.60 bits per heavy atom. The molecule has 0 spiro atoms. The summed E-state index contributed by atoms with van der Waals surface area (Å²) >= 11 is 6.27. The molecule has 8 rings (SSSR count). The van der Waals surface area contributed by atoms with Crippen LogP contribution in [0, 0.1) is 39.9 Å². The van der Waals surface area contributed by atoms with Crippen LogP contribution < -0.4 is 15.0 Å². The third kappa shape index (κ3) is 5.53. The largest absolute Gasteiger partial charge is 0.489 e. The van der Waals surface area contributed by atoms with Crippen LogP contribution in [-0.4, -0.2) is 76.0 Å². The number of hydrogen-bond donors (Lipinski definition) is 2.